The van der Waals surface area contributed by atoms with E-state index in [0.29, 0.717) is 10.9 Å². The molecule has 1 aromatic rings. The SMILES string of the molecule is Cc1nnsc1C(=O)NC1CCCCC1. The molecule has 4 nitrogen and oxygen atoms in total. The van der Waals surface area contributed by atoms with Gasteiger partial charge >= 0.3 is 0 Å². The molecule has 0 spiro atoms. The molecule has 2 rings (SSSR count). The fourth-order valence-corrected chi connectivity index (χ4v) is 2.50. The number of aromatic nitrogens is 2. The summed E-state index contributed by atoms with van der Waals surface area (Å²) in [6, 6.07) is 0.354. The van der Waals surface area contributed by atoms with Crippen molar-refractivity contribution in [1.82, 2.24) is 14.9 Å². The second-order valence-corrected chi connectivity index (χ2v) is 4.75. The first kappa shape index (κ1) is 10.5. The number of nitrogens with zero attached hydrogens (tertiary/aromatic N) is 2. The maximum atomic E-state index is 11.8. The summed E-state index contributed by atoms with van der Waals surface area (Å²) in [5.41, 5.74) is 0.730. The van der Waals surface area contributed by atoms with Gasteiger partial charge in [-0.15, -0.1) is 5.10 Å². The number of rotatable bonds is 2. The molecule has 5 heteroatoms. The molecular weight excluding hydrogens is 210 g/mol. The van der Waals surface area contributed by atoms with Crippen molar-refractivity contribution in [3.05, 3.63) is 10.6 Å². The zero-order valence-electron chi connectivity index (χ0n) is 8.82. The van der Waals surface area contributed by atoms with E-state index in [1.807, 2.05) is 6.92 Å². The van der Waals surface area contributed by atoms with Gasteiger partial charge in [-0.2, -0.15) is 0 Å². The summed E-state index contributed by atoms with van der Waals surface area (Å²) >= 11 is 1.17. The van der Waals surface area contributed by atoms with Gasteiger partial charge in [-0.3, -0.25) is 4.79 Å². The molecule has 1 aliphatic carbocycles. The molecule has 1 N–H and O–H groups in total. The van der Waals surface area contributed by atoms with Gasteiger partial charge in [0.05, 0.1) is 5.69 Å². The molecule has 0 aliphatic heterocycles. The normalized spacial score (nSPS) is 17.7. The van der Waals surface area contributed by atoms with Crippen LogP contribution in [0.1, 0.15) is 47.5 Å². The molecule has 0 aromatic carbocycles. The molecule has 0 radical (unpaired) electrons. The molecule has 0 saturated heterocycles. The summed E-state index contributed by atoms with van der Waals surface area (Å²) in [6.07, 6.45) is 5.97. The number of nitrogens with one attached hydrogen (secondary N) is 1. The van der Waals surface area contributed by atoms with E-state index in [0.717, 1.165) is 18.5 Å². The molecular formula is C10H15N3OS. The largest absolute Gasteiger partial charge is 0.349 e. The van der Waals surface area contributed by atoms with Gasteiger partial charge < -0.3 is 5.32 Å². The number of carbonyl (C=O) groups is 1. The molecule has 1 aliphatic rings. The van der Waals surface area contributed by atoms with Crippen molar-refractivity contribution in [2.75, 3.05) is 0 Å². The summed E-state index contributed by atoms with van der Waals surface area (Å²) in [7, 11) is 0. The zero-order chi connectivity index (χ0) is 10.7. The Morgan fingerprint density at radius 3 is 2.73 bits per heavy atom. The average molecular weight is 225 g/mol. The van der Waals surface area contributed by atoms with Crippen molar-refractivity contribution in [3.8, 4) is 0 Å². The molecule has 1 amide bonds. The topological polar surface area (TPSA) is 54.9 Å². The number of aryl methyl sites for hydroxylation is 1. The van der Waals surface area contributed by atoms with E-state index in [1.165, 1.54) is 30.8 Å². The first-order chi connectivity index (χ1) is 7.27. The zero-order valence-corrected chi connectivity index (χ0v) is 9.64. The number of carbonyl (C=O) groups excluding carboxylic acids is 1. The van der Waals surface area contributed by atoms with Gasteiger partial charge in [-0.25, -0.2) is 0 Å². The lowest BCUT2D eigenvalue weighted by atomic mass is 9.95. The van der Waals surface area contributed by atoms with Gasteiger partial charge in [0, 0.05) is 6.04 Å². The Bertz CT molecular complexity index is 344. The Labute approximate surface area is 93.2 Å². The minimum atomic E-state index is -0.00519. The van der Waals surface area contributed by atoms with Gasteiger partial charge in [-0.1, -0.05) is 23.8 Å². The van der Waals surface area contributed by atoms with Crippen LogP contribution in [0.25, 0.3) is 0 Å². The van der Waals surface area contributed by atoms with Crippen LogP contribution in [0.3, 0.4) is 0 Å². The molecule has 1 saturated carbocycles. The smallest absolute Gasteiger partial charge is 0.265 e. The molecule has 15 heavy (non-hydrogen) atoms. The second kappa shape index (κ2) is 4.70. The monoisotopic (exact) mass is 225 g/mol. The summed E-state index contributed by atoms with van der Waals surface area (Å²) in [6.45, 7) is 1.82. The average Bonchev–Trinajstić information content (AvgIpc) is 2.66. The van der Waals surface area contributed by atoms with Crippen molar-refractivity contribution in [1.29, 1.82) is 0 Å². The van der Waals surface area contributed by atoms with Crippen LogP contribution in [0.2, 0.25) is 0 Å². The molecule has 0 unspecified atom stereocenters. The molecule has 1 fully saturated rings. The first-order valence-electron chi connectivity index (χ1n) is 5.37. The van der Waals surface area contributed by atoms with E-state index >= 15 is 0 Å². The van der Waals surface area contributed by atoms with Crippen LogP contribution in [0, 0.1) is 6.92 Å². The number of hydrogen-bond acceptors (Lipinski definition) is 4. The van der Waals surface area contributed by atoms with Crippen molar-refractivity contribution in [2.45, 2.75) is 45.1 Å². The van der Waals surface area contributed by atoms with E-state index in [4.69, 9.17) is 0 Å². The maximum absolute atomic E-state index is 11.8. The summed E-state index contributed by atoms with van der Waals surface area (Å²) in [5.74, 6) is -0.00519. The Morgan fingerprint density at radius 1 is 1.40 bits per heavy atom. The lowest BCUT2D eigenvalue weighted by molar-refractivity contribution is 0.0931. The van der Waals surface area contributed by atoms with Crippen LogP contribution in [-0.2, 0) is 0 Å². The Hall–Kier alpha value is -0.970. The lowest BCUT2D eigenvalue weighted by Gasteiger charge is -2.22. The summed E-state index contributed by atoms with van der Waals surface area (Å²) < 4.78 is 3.77. The summed E-state index contributed by atoms with van der Waals surface area (Å²) in [4.78, 5) is 12.5. The number of amides is 1. The van der Waals surface area contributed by atoms with Crippen LogP contribution in [0.15, 0.2) is 0 Å². The van der Waals surface area contributed by atoms with E-state index in [2.05, 4.69) is 14.9 Å². The Morgan fingerprint density at radius 2 is 2.13 bits per heavy atom. The molecule has 1 aromatic heterocycles. The van der Waals surface area contributed by atoms with E-state index in [-0.39, 0.29) is 5.91 Å². The van der Waals surface area contributed by atoms with Crippen LogP contribution in [0.4, 0.5) is 0 Å². The van der Waals surface area contributed by atoms with Gasteiger partial charge in [0.2, 0.25) is 0 Å². The predicted molar refractivity (Wildman–Crippen MR) is 59.0 cm³/mol. The summed E-state index contributed by atoms with van der Waals surface area (Å²) in [5, 5.41) is 6.89. The van der Waals surface area contributed by atoms with E-state index in [1.54, 1.807) is 0 Å². The maximum Gasteiger partial charge on any atom is 0.265 e. The van der Waals surface area contributed by atoms with Crippen molar-refractivity contribution < 1.29 is 4.79 Å². The third-order valence-electron chi connectivity index (χ3n) is 2.80. The third-order valence-corrected chi connectivity index (χ3v) is 3.62. The molecule has 0 atom stereocenters. The van der Waals surface area contributed by atoms with Crippen molar-refractivity contribution in [2.24, 2.45) is 0 Å². The molecule has 1 heterocycles. The predicted octanol–water partition coefficient (Wildman–Crippen LogP) is 1.91. The van der Waals surface area contributed by atoms with Crippen molar-refractivity contribution >= 4 is 17.4 Å². The van der Waals surface area contributed by atoms with Gasteiger partial charge in [0.1, 0.15) is 4.88 Å². The van der Waals surface area contributed by atoms with Crippen molar-refractivity contribution in [3.63, 3.8) is 0 Å². The van der Waals surface area contributed by atoms with Gasteiger partial charge in [-0.05, 0) is 31.3 Å². The Balaban J connectivity index is 1.94. The minimum Gasteiger partial charge on any atom is -0.349 e. The minimum absolute atomic E-state index is 0.00519. The quantitative estimate of drug-likeness (QED) is 0.836. The van der Waals surface area contributed by atoms with Gasteiger partial charge in [0.15, 0.2) is 0 Å². The molecule has 82 valence electrons. The van der Waals surface area contributed by atoms with Crippen LogP contribution >= 0.6 is 11.5 Å². The second-order valence-electron chi connectivity index (χ2n) is 4.00. The number of hydrogen-bond donors (Lipinski definition) is 1. The highest BCUT2D eigenvalue weighted by Crippen LogP contribution is 2.18. The van der Waals surface area contributed by atoms with E-state index in [9.17, 15) is 4.79 Å². The first-order valence-corrected chi connectivity index (χ1v) is 6.14. The fourth-order valence-electron chi connectivity index (χ4n) is 1.94. The Kier molecular flexibility index (Phi) is 3.30. The van der Waals surface area contributed by atoms with Crippen LogP contribution < -0.4 is 5.32 Å². The lowest BCUT2D eigenvalue weighted by Crippen LogP contribution is -2.36. The standard InChI is InChI=1S/C10H15N3OS/c1-7-9(15-13-12-7)10(14)11-8-5-3-2-4-6-8/h8H,2-6H2,1H3,(H,11,14). The van der Waals surface area contributed by atoms with E-state index < -0.39 is 0 Å². The third kappa shape index (κ3) is 2.53. The highest BCUT2D eigenvalue weighted by atomic mass is 32.1. The molecule has 0 bridgehead atoms. The van der Waals surface area contributed by atoms with Crippen LogP contribution in [-0.4, -0.2) is 21.5 Å². The highest BCUT2D eigenvalue weighted by Gasteiger charge is 2.19. The highest BCUT2D eigenvalue weighted by molar-refractivity contribution is 7.07. The van der Waals surface area contributed by atoms with Gasteiger partial charge in [0.25, 0.3) is 5.91 Å². The fraction of sp³-hybridized carbons (Fsp3) is 0.700. The van der Waals surface area contributed by atoms with Crippen LogP contribution in [0.5, 0.6) is 0 Å².